The van der Waals surface area contributed by atoms with Crippen LogP contribution in [0.1, 0.15) is 17.3 Å². The summed E-state index contributed by atoms with van der Waals surface area (Å²) in [6, 6.07) is 6.84. The maximum Gasteiger partial charge on any atom is 0.259 e. The first-order valence-corrected chi connectivity index (χ1v) is 9.18. The van der Waals surface area contributed by atoms with Crippen molar-refractivity contribution >= 4 is 33.0 Å². The van der Waals surface area contributed by atoms with Crippen molar-refractivity contribution in [1.82, 2.24) is 0 Å². The Balaban J connectivity index is 2.50. The van der Waals surface area contributed by atoms with E-state index in [0.29, 0.717) is 0 Å². The molecule has 0 unspecified atom stereocenters. The number of hydrogen-bond acceptors (Lipinski definition) is 3. The minimum absolute atomic E-state index is 0.0359. The molecule has 0 aliphatic heterocycles. The van der Waals surface area contributed by atoms with Crippen molar-refractivity contribution in [1.29, 1.82) is 0 Å². The molecule has 0 heterocycles. The molecule has 0 aromatic heterocycles. The highest BCUT2D eigenvalue weighted by molar-refractivity contribution is 7.90. The number of carbonyl (C=O) groups excluding carboxylic acids is 1. The van der Waals surface area contributed by atoms with Crippen molar-refractivity contribution in [3.05, 3.63) is 58.6 Å². The van der Waals surface area contributed by atoms with Gasteiger partial charge < -0.3 is 4.90 Å². The second-order valence-electron chi connectivity index (χ2n) is 5.06. The number of anilines is 1. The van der Waals surface area contributed by atoms with E-state index in [4.69, 9.17) is 11.6 Å². The van der Waals surface area contributed by atoms with Crippen LogP contribution < -0.4 is 4.90 Å². The summed E-state index contributed by atoms with van der Waals surface area (Å²) in [6.45, 7) is 1.80. The standard InChI is InChI=1S/C16H14ClF2NO3S/c1-3-20(10-4-7-14(18)15(19)8-10)16(21)12-9-11(24(2,22)23)5-6-13(12)17/h4-9H,3H2,1-2H3. The molecular weight excluding hydrogens is 360 g/mol. The largest absolute Gasteiger partial charge is 0.308 e. The second-order valence-corrected chi connectivity index (χ2v) is 7.48. The third-order valence-electron chi connectivity index (χ3n) is 3.37. The van der Waals surface area contributed by atoms with Gasteiger partial charge in [-0.05, 0) is 37.3 Å². The average Bonchev–Trinajstić information content (AvgIpc) is 2.50. The molecule has 2 aromatic rings. The van der Waals surface area contributed by atoms with E-state index in [1.165, 1.54) is 29.2 Å². The van der Waals surface area contributed by atoms with Crippen LogP contribution >= 0.6 is 11.6 Å². The van der Waals surface area contributed by atoms with Gasteiger partial charge in [-0.1, -0.05) is 11.6 Å². The van der Waals surface area contributed by atoms with Crippen molar-refractivity contribution in [3.8, 4) is 0 Å². The predicted molar refractivity (Wildman–Crippen MR) is 88.3 cm³/mol. The van der Waals surface area contributed by atoms with Crippen LogP contribution in [0.5, 0.6) is 0 Å². The van der Waals surface area contributed by atoms with E-state index in [9.17, 15) is 22.0 Å². The van der Waals surface area contributed by atoms with E-state index in [0.717, 1.165) is 18.4 Å². The number of hydrogen-bond donors (Lipinski definition) is 0. The van der Waals surface area contributed by atoms with Crippen molar-refractivity contribution in [2.75, 3.05) is 17.7 Å². The maximum absolute atomic E-state index is 13.4. The molecule has 1 amide bonds. The summed E-state index contributed by atoms with van der Waals surface area (Å²) in [5, 5.41) is 0.0634. The number of carbonyl (C=O) groups is 1. The quantitative estimate of drug-likeness (QED) is 0.821. The highest BCUT2D eigenvalue weighted by atomic mass is 35.5. The van der Waals surface area contributed by atoms with Crippen molar-refractivity contribution in [3.63, 3.8) is 0 Å². The minimum atomic E-state index is -3.52. The Morgan fingerprint density at radius 2 is 1.79 bits per heavy atom. The molecule has 0 saturated heterocycles. The van der Waals surface area contributed by atoms with Gasteiger partial charge in [0.05, 0.1) is 15.5 Å². The Bertz CT molecular complexity index is 900. The predicted octanol–water partition coefficient (Wildman–Crippen LogP) is 3.69. The van der Waals surface area contributed by atoms with Gasteiger partial charge >= 0.3 is 0 Å². The first kappa shape index (κ1) is 18.4. The van der Waals surface area contributed by atoms with Crippen LogP contribution in [0, 0.1) is 11.6 Å². The normalized spacial score (nSPS) is 11.4. The lowest BCUT2D eigenvalue weighted by Gasteiger charge is -2.22. The number of nitrogens with zero attached hydrogens (tertiary/aromatic N) is 1. The van der Waals surface area contributed by atoms with Gasteiger partial charge in [0, 0.05) is 24.6 Å². The van der Waals surface area contributed by atoms with Crippen molar-refractivity contribution in [2.24, 2.45) is 0 Å². The zero-order valence-corrected chi connectivity index (χ0v) is 14.5. The third kappa shape index (κ3) is 3.73. The number of amides is 1. The van der Waals surface area contributed by atoms with Crippen LogP contribution in [-0.2, 0) is 9.84 Å². The molecule has 0 aliphatic rings. The molecule has 24 heavy (non-hydrogen) atoms. The van der Waals surface area contributed by atoms with Crippen molar-refractivity contribution in [2.45, 2.75) is 11.8 Å². The summed E-state index contributed by atoms with van der Waals surface area (Å²) in [5.41, 5.74) is 0.105. The zero-order valence-electron chi connectivity index (χ0n) is 12.9. The van der Waals surface area contributed by atoms with Crippen LogP contribution in [0.2, 0.25) is 5.02 Å². The molecule has 0 spiro atoms. The lowest BCUT2D eigenvalue weighted by atomic mass is 10.1. The van der Waals surface area contributed by atoms with Gasteiger partial charge in [-0.3, -0.25) is 4.79 Å². The maximum atomic E-state index is 13.4. The molecular formula is C16H14ClF2NO3S. The summed E-state index contributed by atoms with van der Waals surface area (Å²) in [6.07, 6.45) is 1.01. The molecule has 0 fully saturated rings. The molecule has 0 saturated carbocycles. The molecule has 0 atom stereocenters. The third-order valence-corrected chi connectivity index (χ3v) is 4.81. The van der Waals surface area contributed by atoms with Gasteiger partial charge in [0.2, 0.25) is 0 Å². The van der Waals surface area contributed by atoms with Gasteiger partial charge in [-0.2, -0.15) is 0 Å². The Hall–Kier alpha value is -1.99. The van der Waals surface area contributed by atoms with Gasteiger partial charge in [0.15, 0.2) is 21.5 Å². The molecule has 0 N–H and O–H groups in total. The summed E-state index contributed by atoms with van der Waals surface area (Å²) in [7, 11) is -3.52. The van der Waals surface area contributed by atoms with Gasteiger partial charge in [0.25, 0.3) is 5.91 Å². The fraction of sp³-hybridized carbons (Fsp3) is 0.188. The fourth-order valence-electron chi connectivity index (χ4n) is 2.14. The van der Waals surface area contributed by atoms with E-state index in [1.807, 2.05) is 0 Å². The molecule has 0 bridgehead atoms. The minimum Gasteiger partial charge on any atom is -0.308 e. The lowest BCUT2D eigenvalue weighted by molar-refractivity contribution is 0.0988. The highest BCUT2D eigenvalue weighted by Crippen LogP contribution is 2.25. The van der Waals surface area contributed by atoms with Gasteiger partial charge in [-0.15, -0.1) is 0 Å². The first-order valence-electron chi connectivity index (χ1n) is 6.91. The summed E-state index contributed by atoms with van der Waals surface area (Å²) >= 11 is 6.01. The van der Waals surface area contributed by atoms with Crippen LogP contribution in [0.25, 0.3) is 0 Å². The monoisotopic (exact) mass is 373 g/mol. The smallest absolute Gasteiger partial charge is 0.259 e. The fourth-order valence-corrected chi connectivity index (χ4v) is 2.99. The average molecular weight is 374 g/mol. The molecule has 2 aromatic carbocycles. The number of benzene rings is 2. The SMILES string of the molecule is CCN(C(=O)c1cc(S(C)(=O)=O)ccc1Cl)c1ccc(F)c(F)c1. The number of rotatable bonds is 4. The van der Waals surface area contributed by atoms with Gasteiger partial charge in [0.1, 0.15) is 0 Å². The summed E-state index contributed by atoms with van der Waals surface area (Å²) in [4.78, 5) is 13.8. The number of sulfone groups is 1. The molecule has 2 rings (SSSR count). The van der Waals surface area contributed by atoms with Crippen LogP contribution in [-0.4, -0.2) is 27.1 Å². The van der Waals surface area contributed by atoms with Crippen LogP contribution in [0.15, 0.2) is 41.3 Å². The topological polar surface area (TPSA) is 54.5 Å². The molecule has 0 aliphatic carbocycles. The lowest BCUT2D eigenvalue weighted by Crippen LogP contribution is -2.31. The van der Waals surface area contributed by atoms with E-state index in [2.05, 4.69) is 0 Å². The highest BCUT2D eigenvalue weighted by Gasteiger charge is 2.22. The molecule has 128 valence electrons. The van der Waals surface area contributed by atoms with E-state index in [1.54, 1.807) is 6.92 Å². The Morgan fingerprint density at radius 1 is 1.12 bits per heavy atom. The van der Waals surface area contributed by atoms with Crippen molar-refractivity contribution < 1.29 is 22.0 Å². The second kappa shape index (κ2) is 6.86. The molecule has 8 heteroatoms. The first-order chi connectivity index (χ1) is 11.1. The van der Waals surface area contributed by atoms with Gasteiger partial charge in [-0.25, -0.2) is 17.2 Å². The zero-order chi connectivity index (χ0) is 18.1. The van der Waals surface area contributed by atoms with E-state index < -0.39 is 27.4 Å². The molecule has 0 radical (unpaired) electrons. The Kier molecular flexibility index (Phi) is 5.25. The Morgan fingerprint density at radius 3 is 2.33 bits per heavy atom. The molecule has 4 nitrogen and oxygen atoms in total. The van der Waals surface area contributed by atoms with E-state index >= 15 is 0 Å². The summed E-state index contributed by atoms with van der Waals surface area (Å²) in [5.74, 6) is -2.73. The van der Waals surface area contributed by atoms with Crippen LogP contribution in [0.4, 0.5) is 14.5 Å². The number of halogens is 3. The Labute approximate surface area is 143 Å². The van der Waals surface area contributed by atoms with E-state index in [-0.39, 0.29) is 27.7 Å². The summed E-state index contributed by atoms with van der Waals surface area (Å²) < 4.78 is 49.8. The van der Waals surface area contributed by atoms with Crippen LogP contribution in [0.3, 0.4) is 0 Å².